The van der Waals surface area contributed by atoms with Crippen LogP contribution < -0.4 is 5.32 Å². The van der Waals surface area contributed by atoms with E-state index in [2.05, 4.69) is 75.8 Å². The van der Waals surface area contributed by atoms with E-state index in [0.29, 0.717) is 6.54 Å². The molecule has 0 aliphatic carbocycles. The zero-order chi connectivity index (χ0) is 20.8. The lowest BCUT2D eigenvalue weighted by atomic mass is 9.96. The van der Waals surface area contributed by atoms with Crippen molar-refractivity contribution < 1.29 is 9.53 Å². The average molecular weight is 408 g/mol. The van der Waals surface area contributed by atoms with E-state index in [1.807, 2.05) is 6.92 Å². The molecule has 0 bridgehead atoms. The predicted molar refractivity (Wildman–Crippen MR) is 119 cm³/mol. The van der Waals surface area contributed by atoms with Crippen LogP contribution in [0.4, 0.5) is 0 Å². The zero-order valence-electron chi connectivity index (χ0n) is 17.9. The number of nitrogens with zero attached hydrogens (tertiary/aromatic N) is 2. The van der Waals surface area contributed by atoms with Gasteiger partial charge >= 0.3 is 0 Å². The molecule has 160 valence electrons. The van der Waals surface area contributed by atoms with Crippen molar-refractivity contribution in [3.63, 3.8) is 0 Å². The van der Waals surface area contributed by atoms with E-state index in [1.54, 1.807) is 0 Å². The molecule has 0 spiro atoms. The van der Waals surface area contributed by atoms with Crippen LogP contribution in [0.25, 0.3) is 0 Å². The molecule has 2 atom stereocenters. The molecule has 0 aromatic heterocycles. The Labute approximate surface area is 180 Å². The molecule has 30 heavy (non-hydrogen) atoms. The molecule has 5 nitrogen and oxygen atoms in total. The predicted octanol–water partition coefficient (Wildman–Crippen LogP) is 3.08. The Hall–Kier alpha value is -2.21. The van der Waals surface area contributed by atoms with Gasteiger partial charge in [0.15, 0.2) is 0 Å². The summed E-state index contributed by atoms with van der Waals surface area (Å²) in [5, 5.41) is 3.09. The van der Waals surface area contributed by atoms with Crippen LogP contribution in [0.2, 0.25) is 0 Å². The lowest BCUT2D eigenvalue weighted by Crippen LogP contribution is -2.55. The van der Waals surface area contributed by atoms with Gasteiger partial charge in [-0.25, -0.2) is 0 Å². The minimum absolute atomic E-state index is 0.111. The number of ether oxygens (including phenoxy) is 1. The van der Waals surface area contributed by atoms with Crippen LogP contribution in [0, 0.1) is 0 Å². The summed E-state index contributed by atoms with van der Waals surface area (Å²) >= 11 is 0. The van der Waals surface area contributed by atoms with Gasteiger partial charge in [-0.05, 0) is 30.9 Å². The van der Waals surface area contributed by atoms with E-state index in [1.165, 1.54) is 11.1 Å². The molecular weight excluding hydrogens is 374 g/mol. The lowest BCUT2D eigenvalue weighted by molar-refractivity contribution is -0.127. The molecule has 1 N–H and O–H groups in total. The summed E-state index contributed by atoms with van der Waals surface area (Å²) in [7, 11) is 0. The normalized spacial score (nSPS) is 21.6. The Kier molecular flexibility index (Phi) is 7.16. The second kappa shape index (κ2) is 10.2. The van der Waals surface area contributed by atoms with E-state index in [0.717, 1.165) is 45.6 Å². The van der Waals surface area contributed by atoms with Gasteiger partial charge in [0.1, 0.15) is 0 Å². The molecule has 2 aliphatic rings. The summed E-state index contributed by atoms with van der Waals surface area (Å²) in [6.45, 7) is 7.15. The zero-order valence-corrected chi connectivity index (χ0v) is 17.9. The molecule has 1 amide bonds. The summed E-state index contributed by atoms with van der Waals surface area (Å²) in [4.78, 5) is 17.5. The topological polar surface area (TPSA) is 44.8 Å². The summed E-state index contributed by atoms with van der Waals surface area (Å²) in [5.41, 5.74) is 2.64. The Bertz CT molecular complexity index is 745. The number of carbonyl (C=O) groups is 1. The van der Waals surface area contributed by atoms with Crippen molar-refractivity contribution in [1.82, 2.24) is 15.1 Å². The first-order valence-corrected chi connectivity index (χ1v) is 11.2. The largest absolute Gasteiger partial charge is 0.376 e. The molecule has 2 saturated heterocycles. The van der Waals surface area contributed by atoms with Crippen LogP contribution in [-0.2, 0) is 9.53 Å². The van der Waals surface area contributed by atoms with Crippen molar-refractivity contribution in [3.8, 4) is 0 Å². The van der Waals surface area contributed by atoms with Crippen LogP contribution in [-0.4, -0.2) is 67.2 Å². The van der Waals surface area contributed by atoms with Gasteiger partial charge in [-0.15, -0.1) is 0 Å². The number of benzene rings is 2. The molecule has 0 radical (unpaired) electrons. The number of carbonyl (C=O) groups excluding carboxylic acids is 1. The van der Waals surface area contributed by atoms with Crippen LogP contribution in [0.1, 0.15) is 36.9 Å². The molecule has 5 heteroatoms. The fourth-order valence-electron chi connectivity index (χ4n) is 4.60. The third kappa shape index (κ3) is 5.09. The third-order valence-corrected chi connectivity index (χ3v) is 6.40. The number of nitrogens with one attached hydrogen (secondary N) is 1. The minimum atomic E-state index is -0.111. The highest BCUT2D eigenvalue weighted by Gasteiger charge is 2.30. The Balaban J connectivity index is 1.36. The Morgan fingerprint density at radius 3 is 2.07 bits per heavy atom. The second-order valence-electron chi connectivity index (χ2n) is 8.35. The van der Waals surface area contributed by atoms with E-state index < -0.39 is 0 Å². The van der Waals surface area contributed by atoms with Crippen molar-refractivity contribution in [2.24, 2.45) is 0 Å². The first kappa shape index (κ1) is 21.0. The molecule has 2 fully saturated rings. The van der Waals surface area contributed by atoms with Gasteiger partial charge in [0.2, 0.25) is 5.91 Å². The second-order valence-corrected chi connectivity index (χ2v) is 8.35. The van der Waals surface area contributed by atoms with E-state index >= 15 is 0 Å². The fourth-order valence-corrected chi connectivity index (χ4v) is 4.60. The number of hydrogen-bond donors (Lipinski definition) is 1. The summed E-state index contributed by atoms with van der Waals surface area (Å²) in [6, 6.07) is 21.6. The van der Waals surface area contributed by atoms with Crippen molar-refractivity contribution in [2.75, 3.05) is 39.3 Å². The molecule has 2 aliphatic heterocycles. The van der Waals surface area contributed by atoms with Gasteiger partial charge in [0.05, 0.1) is 18.2 Å². The van der Waals surface area contributed by atoms with Crippen LogP contribution in [0.15, 0.2) is 60.7 Å². The van der Waals surface area contributed by atoms with Gasteiger partial charge in [0.25, 0.3) is 0 Å². The number of piperazine rings is 1. The highest BCUT2D eigenvalue weighted by molar-refractivity contribution is 5.81. The maximum absolute atomic E-state index is 12.6. The first-order valence-electron chi connectivity index (χ1n) is 11.2. The molecular formula is C25H33N3O2. The van der Waals surface area contributed by atoms with E-state index in [4.69, 9.17) is 4.74 Å². The number of amides is 1. The van der Waals surface area contributed by atoms with Gasteiger partial charge < -0.3 is 10.1 Å². The van der Waals surface area contributed by atoms with E-state index in [-0.39, 0.29) is 24.1 Å². The fraction of sp³-hybridized carbons (Fsp3) is 0.480. The number of hydrogen-bond acceptors (Lipinski definition) is 4. The maximum Gasteiger partial charge on any atom is 0.237 e. The molecule has 0 saturated carbocycles. The standard InChI is InChI=1S/C25H33N3O2/c1-20(25(29)26-19-23-13-8-18-30-23)27-14-16-28(17-15-27)24(21-9-4-2-5-10-21)22-11-6-3-7-12-22/h2-7,9-12,20,23-24H,8,13-19H2,1H3,(H,26,29)/t20-,23-/m0/s1. The molecule has 2 heterocycles. The minimum Gasteiger partial charge on any atom is -0.376 e. The van der Waals surface area contributed by atoms with Gasteiger partial charge in [-0.3, -0.25) is 14.6 Å². The van der Waals surface area contributed by atoms with Crippen molar-refractivity contribution >= 4 is 5.91 Å². The monoisotopic (exact) mass is 407 g/mol. The van der Waals surface area contributed by atoms with Crippen LogP contribution in [0.3, 0.4) is 0 Å². The van der Waals surface area contributed by atoms with Crippen LogP contribution in [0.5, 0.6) is 0 Å². The van der Waals surface area contributed by atoms with Crippen LogP contribution >= 0.6 is 0 Å². The Morgan fingerprint density at radius 1 is 0.967 bits per heavy atom. The van der Waals surface area contributed by atoms with Crippen molar-refractivity contribution in [1.29, 1.82) is 0 Å². The van der Waals surface area contributed by atoms with Crippen molar-refractivity contribution in [2.45, 2.75) is 38.0 Å². The van der Waals surface area contributed by atoms with Gasteiger partial charge in [-0.1, -0.05) is 60.7 Å². The molecule has 0 unspecified atom stereocenters. The lowest BCUT2D eigenvalue weighted by Gasteiger charge is -2.41. The first-order chi connectivity index (χ1) is 14.7. The molecule has 2 aromatic rings. The third-order valence-electron chi connectivity index (χ3n) is 6.40. The highest BCUT2D eigenvalue weighted by atomic mass is 16.5. The smallest absolute Gasteiger partial charge is 0.237 e. The van der Waals surface area contributed by atoms with Gasteiger partial charge in [-0.2, -0.15) is 0 Å². The van der Waals surface area contributed by atoms with Gasteiger partial charge in [0, 0.05) is 39.3 Å². The van der Waals surface area contributed by atoms with Crippen molar-refractivity contribution in [3.05, 3.63) is 71.8 Å². The SMILES string of the molecule is C[C@@H](C(=O)NC[C@@H]1CCCO1)N1CCN(C(c2ccccc2)c2ccccc2)CC1. The molecule has 4 rings (SSSR count). The Morgan fingerprint density at radius 2 is 1.53 bits per heavy atom. The maximum atomic E-state index is 12.6. The summed E-state index contributed by atoms with van der Waals surface area (Å²) in [6.07, 6.45) is 2.34. The van der Waals surface area contributed by atoms with E-state index in [9.17, 15) is 4.79 Å². The highest BCUT2D eigenvalue weighted by Crippen LogP contribution is 2.29. The summed E-state index contributed by atoms with van der Waals surface area (Å²) in [5.74, 6) is 0.113. The summed E-state index contributed by atoms with van der Waals surface area (Å²) < 4.78 is 5.62. The average Bonchev–Trinajstić information content (AvgIpc) is 3.33. The number of rotatable bonds is 7. The quantitative estimate of drug-likeness (QED) is 0.766. The molecule has 2 aromatic carbocycles.